The van der Waals surface area contributed by atoms with Crippen LogP contribution in [0.2, 0.25) is 0 Å². The van der Waals surface area contributed by atoms with Gasteiger partial charge < -0.3 is 29.9 Å². The van der Waals surface area contributed by atoms with Crippen LogP contribution in [0.3, 0.4) is 0 Å². The average Bonchev–Trinajstić information content (AvgIpc) is 2.67. The number of nitrogens with one attached hydrogen (secondary N) is 1. The zero-order chi connectivity index (χ0) is 20.2. The first kappa shape index (κ1) is 22.2. The maximum absolute atomic E-state index is 12.1. The number of rotatable bonds is 6. The fourth-order valence-electron chi connectivity index (χ4n) is 2.57. The van der Waals surface area contributed by atoms with E-state index < -0.39 is 11.9 Å². The van der Waals surface area contributed by atoms with Gasteiger partial charge in [0.05, 0.1) is 19.9 Å². The summed E-state index contributed by atoms with van der Waals surface area (Å²) >= 11 is 0. The highest BCUT2D eigenvalue weighted by atomic mass is 16.5. The summed E-state index contributed by atoms with van der Waals surface area (Å²) in [7, 11) is 3.19. The van der Waals surface area contributed by atoms with Gasteiger partial charge in [-0.2, -0.15) is 0 Å². The molecule has 1 aromatic rings. The topological polar surface area (TPSA) is 125 Å². The number of nitrogens with zero attached hydrogens (tertiary/aromatic N) is 1. The molecule has 0 atom stereocenters. The van der Waals surface area contributed by atoms with Crippen LogP contribution in [-0.4, -0.2) is 66.8 Å². The normalized spacial score (nSPS) is 13.7. The number of piperidine rings is 1. The Labute approximate surface area is 157 Å². The molecule has 1 fully saturated rings. The lowest BCUT2D eigenvalue weighted by Gasteiger charge is -2.26. The molecule has 1 aromatic carbocycles. The quantitative estimate of drug-likeness (QED) is 0.635. The van der Waals surface area contributed by atoms with Crippen molar-refractivity contribution in [2.45, 2.75) is 25.7 Å². The highest BCUT2D eigenvalue weighted by Gasteiger charge is 2.13. The maximum Gasteiger partial charge on any atom is 0.414 e. The first-order chi connectivity index (χ1) is 12.9. The largest absolute Gasteiger partial charge is 0.497 e. The molecule has 0 saturated carbocycles. The second-order valence-electron chi connectivity index (χ2n) is 5.88. The number of amides is 1. The van der Waals surface area contributed by atoms with Crippen LogP contribution in [0.4, 0.5) is 5.69 Å². The molecule has 0 unspecified atom stereocenters. The summed E-state index contributed by atoms with van der Waals surface area (Å²) < 4.78 is 10.4. The molecule has 1 heterocycles. The molecule has 1 aliphatic heterocycles. The number of benzene rings is 1. The molecule has 0 aromatic heterocycles. The Balaban J connectivity index is 0.000000527. The second-order valence-corrected chi connectivity index (χ2v) is 5.88. The molecular formula is C18H26N2O7. The lowest BCUT2D eigenvalue weighted by molar-refractivity contribution is -0.159. The van der Waals surface area contributed by atoms with E-state index in [1.807, 2.05) is 6.07 Å². The molecule has 2 rings (SSSR count). The van der Waals surface area contributed by atoms with Crippen LogP contribution in [0.25, 0.3) is 0 Å². The van der Waals surface area contributed by atoms with E-state index in [1.54, 1.807) is 26.4 Å². The summed E-state index contributed by atoms with van der Waals surface area (Å²) in [6, 6.07) is 5.37. The third-order valence-electron chi connectivity index (χ3n) is 3.97. The first-order valence-corrected chi connectivity index (χ1v) is 8.57. The van der Waals surface area contributed by atoms with E-state index >= 15 is 0 Å². The predicted molar refractivity (Wildman–Crippen MR) is 98.4 cm³/mol. The van der Waals surface area contributed by atoms with Crippen molar-refractivity contribution in [3.63, 3.8) is 0 Å². The van der Waals surface area contributed by atoms with E-state index in [0.717, 1.165) is 19.6 Å². The van der Waals surface area contributed by atoms with Crippen LogP contribution >= 0.6 is 0 Å². The molecule has 3 N–H and O–H groups in total. The van der Waals surface area contributed by atoms with Gasteiger partial charge >= 0.3 is 11.9 Å². The number of carbonyl (C=O) groups excluding carboxylic acids is 1. The van der Waals surface area contributed by atoms with Crippen molar-refractivity contribution in [3.05, 3.63) is 18.2 Å². The molecule has 0 spiro atoms. The number of likely N-dealkylation sites (tertiary alicyclic amines) is 1. The molecule has 0 bridgehead atoms. The molecule has 9 nitrogen and oxygen atoms in total. The number of carboxylic acids is 2. The minimum atomic E-state index is -1.82. The van der Waals surface area contributed by atoms with Gasteiger partial charge in [0.25, 0.3) is 0 Å². The molecule has 1 amide bonds. The number of methoxy groups -OCH3 is 2. The highest BCUT2D eigenvalue weighted by molar-refractivity contribution is 6.27. The van der Waals surface area contributed by atoms with Crippen molar-refractivity contribution >= 4 is 23.5 Å². The van der Waals surface area contributed by atoms with Crippen molar-refractivity contribution in [2.75, 3.05) is 39.2 Å². The summed E-state index contributed by atoms with van der Waals surface area (Å²) in [5, 5.41) is 17.7. The number of aliphatic carboxylic acids is 2. The smallest absolute Gasteiger partial charge is 0.414 e. The lowest BCUT2D eigenvalue weighted by atomic mass is 10.1. The van der Waals surface area contributed by atoms with Crippen LogP contribution in [-0.2, 0) is 14.4 Å². The molecule has 9 heteroatoms. The summed E-state index contributed by atoms with van der Waals surface area (Å²) in [5.74, 6) is -2.30. The molecule has 1 saturated heterocycles. The third-order valence-corrected chi connectivity index (χ3v) is 3.97. The van der Waals surface area contributed by atoms with Gasteiger partial charge in [0.1, 0.15) is 11.5 Å². The van der Waals surface area contributed by atoms with Crippen molar-refractivity contribution in [3.8, 4) is 11.5 Å². The molecule has 27 heavy (non-hydrogen) atoms. The van der Waals surface area contributed by atoms with E-state index in [4.69, 9.17) is 29.3 Å². The number of carboxylic acid groups (broad SMARTS) is 2. The Bertz CT molecular complexity index is 631. The van der Waals surface area contributed by atoms with E-state index in [-0.39, 0.29) is 5.91 Å². The molecule has 150 valence electrons. The van der Waals surface area contributed by atoms with Gasteiger partial charge in [0, 0.05) is 19.0 Å². The Morgan fingerprint density at radius 1 is 1.04 bits per heavy atom. The monoisotopic (exact) mass is 382 g/mol. The number of carbonyl (C=O) groups is 3. The fraction of sp³-hybridized carbons (Fsp3) is 0.500. The van der Waals surface area contributed by atoms with Gasteiger partial charge in [-0.3, -0.25) is 4.79 Å². The summed E-state index contributed by atoms with van der Waals surface area (Å²) in [4.78, 5) is 32.6. The van der Waals surface area contributed by atoms with Gasteiger partial charge in [-0.25, -0.2) is 9.59 Å². The Hall–Kier alpha value is -2.81. The zero-order valence-corrected chi connectivity index (χ0v) is 15.6. The van der Waals surface area contributed by atoms with E-state index in [2.05, 4.69) is 10.2 Å². The Morgan fingerprint density at radius 2 is 1.67 bits per heavy atom. The number of anilines is 1. The minimum Gasteiger partial charge on any atom is -0.497 e. The summed E-state index contributed by atoms with van der Waals surface area (Å²) in [5.41, 5.74) is 0.653. The average molecular weight is 382 g/mol. The minimum absolute atomic E-state index is 0.00660. The van der Waals surface area contributed by atoms with E-state index in [1.165, 1.54) is 19.3 Å². The SMILES string of the molecule is COc1ccc(OC)c(NC(=O)CCN2CCCCC2)c1.O=C(O)C(=O)O. The molecular weight excluding hydrogens is 356 g/mol. The standard InChI is InChI=1S/C16H24N2O3.C2H2O4/c1-20-13-6-7-15(21-2)14(12-13)17-16(19)8-11-18-9-4-3-5-10-18;3-1(4)2(5)6/h6-7,12H,3-5,8-11H2,1-2H3,(H,17,19);(H,3,4)(H,5,6). The number of hydrogen-bond acceptors (Lipinski definition) is 6. The van der Waals surface area contributed by atoms with Gasteiger partial charge in [-0.05, 0) is 38.1 Å². The second kappa shape index (κ2) is 11.7. The molecule has 0 radical (unpaired) electrons. The van der Waals surface area contributed by atoms with Crippen LogP contribution in [0, 0.1) is 0 Å². The lowest BCUT2D eigenvalue weighted by Crippen LogP contribution is -2.32. The maximum atomic E-state index is 12.1. The first-order valence-electron chi connectivity index (χ1n) is 8.57. The van der Waals surface area contributed by atoms with Crippen molar-refractivity contribution in [1.29, 1.82) is 0 Å². The van der Waals surface area contributed by atoms with Gasteiger partial charge in [-0.1, -0.05) is 6.42 Å². The third kappa shape index (κ3) is 8.41. The Kier molecular flexibility index (Phi) is 9.66. The van der Waals surface area contributed by atoms with Crippen LogP contribution in [0.5, 0.6) is 11.5 Å². The van der Waals surface area contributed by atoms with Gasteiger partial charge in [0.2, 0.25) is 5.91 Å². The molecule has 0 aliphatic carbocycles. The summed E-state index contributed by atoms with van der Waals surface area (Å²) in [6.07, 6.45) is 4.29. The van der Waals surface area contributed by atoms with Crippen LogP contribution in [0.15, 0.2) is 18.2 Å². The van der Waals surface area contributed by atoms with Crippen molar-refractivity contribution < 1.29 is 34.1 Å². The fourth-order valence-corrected chi connectivity index (χ4v) is 2.57. The van der Waals surface area contributed by atoms with E-state index in [0.29, 0.717) is 23.6 Å². The summed E-state index contributed by atoms with van der Waals surface area (Å²) in [6.45, 7) is 3.03. The molecule has 1 aliphatic rings. The Morgan fingerprint density at radius 3 is 2.19 bits per heavy atom. The number of hydrogen-bond donors (Lipinski definition) is 3. The van der Waals surface area contributed by atoms with Crippen molar-refractivity contribution in [1.82, 2.24) is 4.90 Å². The van der Waals surface area contributed by atoms with Gasteiger partial charge in [-0.15, -0.1) is 0 Å². The predicted octanol–water partition coefficient (Wildman–Crippen LogP) is 1.67. The number of ether oxygens (including phenoxy) is 2. The van der Waals surface area contributed by atoms with E-state index in [9.17, 15) is 4.79 Å². The zero-order valence-electron chi connectivity index (χ0n) is 15.6. The van der Waals surface area contributed by atoms with Crippen LogP contribution < -0.4 is 14.8 Å². The van der Waals surface area contributed by atoms with Gasteiger partial charge in [0.15, 0.2) is 0 Å². The highest BCUT2D eigenvalue weighted by Crippen LogP contribution is 2.28. The van der Waals surface area contributed by atoms with Crippen molar-refractivity contribution in [2.24, 2.45) is 0 Å². The van der Waals surface area contributed by atoms with Crippen LogP contribution in [0.1, 0.15) is 25.7 Å².